The lowest BCUT2D eigenvalue weighted by atomic mass is 9.66. The Morgan fingerprint density at radius 1 is 1.03 bits per heavy atom. The summed E-state index contributed by atoms with van der Waals surface area (Å²) in [6.45, 7) is 6.71. The van der Waals surface area contributed by atoms with Crippen molar-refractivity contribution in [3.05, 3.63) is 53.6 Å². The van der Waals surface area contributed by atoms with Crippen LogP contribution in [0.25, 0.3) is 6.08 Å². The van der Waals surface area contributed by atoms with Crippen LogP contribution in [0, 0.1) is 5.92 Å². The van der Waals surface area contributed by atoms with Gasteiger partial charge in [-0.15, -0.1) is 0 Å². The topological polar surface area (TPSA) is 71.5 Å². The highest BCUT2D eigenvalue weighted by Crippen LogP contribution is 2.49. The minimum Gasteiger partial charge on any atom is -0.493 e. The molecule has 7 nitrogen and oxygen atoms in total. The number of likely N-dealkylation sites (tertiary alicyclic amines) is 1. The fourth-order valence-corrected chi connectivity index (χ4v) is 6.27. The number of carbonyl (C=O) groups is 1. The first-order chi connectivity index (χ1) is 18.4. The average molecular weight is 523 g/mol. The predicted molar refractivity (Wildman–Crippen MR) is 151 cm³/mol. The molecule has 2 aromatic carbocycles. The van der Waals surface area contributed by atoms with Gasteiger partial charge in [0.1, 0.15) is 0 Å². The van der Waals surface area contributed by atoms with E-state index in [0.717, 1.165) is 49.9 Å². The van der Waals surface area contributed by atoms with Crippen molar-refractivity contribution >= 4 is 17.7 Å². The maximum Gasteiger partial charge on any atom is 0.247 e. The van der Waals surface area contributed by atoms with E-state index in [1.165, 1.54) is 5.69 Å². The lowest BCUT2D eigenvalue weighted by Crippen LogP contribution is -2.56. The van der Waals surface area contributed by atoms with Crippen LogP contribution in [0.5, 0.6) is 17.2 Å². The molecule has 1 N–H and O–H groups in total. The molecule has 1 heterocycles. The minimum atomic E-state index is -0.725. The maximum atomic E-state index is 13.7. The number of benzene rings is 2. The number of ether oxygens (including phenoxy) is 3. The summed E-state index contributed by atoms with van der Waals surface area (Å²) >= 11 is 0. The van der Waals surface area contributed by atoms with Gasteiger partial charge in [0, 0.05) is 37.3 Å². The highest BCUT2D eigenvalue weighted by atomic mass is 16.5. The van der Waals surface area contributed by atoms with E-state index in [1.54, 1.807) is 33.5 Å². The number of aliphatic hydroxyl groups is 1. The van der Waals surface area contributed by atoms with Crippen molar-refractivity contribution in [2.45, 2.75) is 57.6 Å². The molecule has 7 heteroatoms. The Balaban J connectivity index is 1.65. The van der Waals surface area contributed by atoms with Crippen molar-refractivity contribution < 1.29 is 24.1 Å². The summed E-state index contributed by atoms with van der Waals surface area (Å²) in [4.78, 5) is 18.0. The Bertz CT molecular complexity index is 1100. The van der Waals surface area contributed by atoms with Crippen molar-refractivity contribution in [3.63, 3.8) is 0 Å². The van der Waals surface area contributed by atoms with Crippen LogP contribution in [0.2, 0.25) is 0 Å². The van der Waals surface area contributed by atoms with Gasteiger partial charge in [0.25, 0.3) is 0 Å². The Morgan fingerprint density at radius 2 is 1.68 bits per heavy atom. The lowest BCUT2D eigenvalue weighted by Gasteiger charge is -2.52. The van der Waals surface area contributed by atoms with Gasteiger partial charge in [0.15, 0.2) is 11.5 Å². The molecule has 0 radical (unpaired) electrons. The second kappa shape index (κ2) is 12.1. The molecule has 1 aliphatic carbocycles. The van der Waals surface area contributed by atoms with Gasteiger partial charge in [-0.25, -0.2) is 0 Å². The number of methoxy groups -OCH3 is 3. The molecule has 0 bridgehead atoms. The molecule has 1 saturated carbocycles. The second-order valence-electron chi connectivity index (χ2n) is 10.2. The number of fused-ring (bicyclic) bond motifs is 1. The van der Waals surface area contributed by atoms with Crippen molar-refractivity contribution in [2.75, 3.05) is 45.9 Å². The summed E-state index contributed by atoms with van der Waals surface area (Å²) in [6, 6.07) is 12.1. The Hall–Kier alpha value is -3.19. The van der Waals surface area contributed by atoms with E-state index in [0.29, 0.717) is 30.2 Å². The van der Waals surface area contributed by atoms with Crippen LogP contribution in [-0.4, -0.2) is 62.5 Å². The first kappa shape index (κ1) is 27.8. The smallest absolute Gasteiger partial charge is 0.247 e. The second-order valence-corrected chi connectivity index (χ2v) is 10.2. The van der Waals surface area contributed by atoms with Crippen molar-refractivity contribution in [1.82, 2.24) is 4.90 Å². The van der Waals surface area contributed by atoms with Crippen LogP contribution in [-0.2, 0) is 4.79 Å². The van der Waals surface area contributed by atoms with E-state index in [1.807, 2.05) is 17.0 Å². The van der Waals surface area contributed by atoms with Crippen molar-refractivity contribution in [2.24, 2.45) is 5.92 Å². The molecular formula is C31H42N2O5. The molecule has 2 aliphatic rings. The lowest BCUT2D eigenvalue weighted by molar-refractivity contribution is -0.150. The number of nitrogens with zero attached hydrogens (tertiary/aromatic N) is 2. The van der Waals surface area contributed by atoms with Gasteiger partial charge >= 0.3 is 0 Å². The zero-order valence-corrected chi connectivity index (χ0v) is 23.4. The third kappa shape index (κ3) is 5.48. The van der Waals surface area contributed by atoms with E-state index in [2.05, 4.69) is 43.0 Å². The number of amides is 1. The van der Waals surface area contributed by atoms with Crippen LogP contribution in [0.15, 0.2) is 42.5 Å². The molecule has 206 valence electrons. The molecular weight excluding hydrogens is 480 g/mol. The average Bonchev–Trinajstić information content (AvgIpc) is 2.95. The van der Waals surface area contributed by atoms with E-state index in [-0.39, 0.29) is 17.9 Å². The summed E-state index contributed by atoms with van der Waals surface area (Å²) in [5.41, 5.74) is 2.31. The van der Waals surface area contributed by atoms with Crippen LogP contribution >= 0.6 is 0 Å². The Labute approximate surface area is 227 Å². The van der Waals surface area contributed by atoms with E-state index in [9.17, 15) is 9.90 Å². The van der Waals surface area contributed by atoms with Crippen molar-refractivity contribution in [1.29, 1.82) is 0 Å². The zero-order valence-electron chi connectivity index (χ0n) is 23.4. The van der Waals surface area contributed by atoms with Gasteiger partial charge in [0.2, 0.25) is 11.7 Å². The highest BCUT2D eigenvalue weighted by molar-refractivity contribution is 5.92. The van der Waals surface area contributed by atoms with Gasteiger partial charge < -0.3 is 29.1 Å². The number of anilines is 1. The molecule has 0 aromatic heterocycles. The molecule has 1 aliphatic heterocycles. The number of carbonyl (C=O) groups excluding carboxylic acids is 1. The maximum absolute atomic E-state index is 13.7. The number of rotatable bonds is 9. The zero-order chi connectivity index (χ0) is 27.3. The number of hydrogen-bond donors (Lipinski definition) is 1. The monoisotopic (exact) mass is 522 g/mol. The SMILES string of the molecule is CCN(CC)c1ccc([C@H]2C3CCCCC3(O)CCN2C(=O)C=Cc2cc(OC)c(OC)c(OC)c2)cc1. The summed E-state index contributed by atoms with van der Waals surface area (Å²) in [6.07, 6.45) is 7.84. The molecule has 38 heavy (non-hydrogen) atoms. The quantitative estimate of drug-likeness (QED) is 0.441. The normalized spacial score (nSPS) is 23.2. The molecule has 1 amide bonds. The first-order valence-electron chi connectivity index (χ1n) is 13.7. The summed E-state index contributed by atoms with van der Waals surface area (Å²) < 4.78 is 16.3. The summed E-state index contributed by atoms with van der Waals surface area (Å²) in [5.74, 6) is 1.54. The van der Waals surface area contributed by atoms with Crippen LogP contribution in [0.1, 0.15) is 63.1 Å². The first-order valence-corrected chi connectivity index (χ1v) is 13.7. The summed E-state index contributed by atoms with van der Waals surface area (Å²) in [7, 11) is 4.72. The minimum absolute atomic E-state index is 0.0165. The molecule has 0 spiro atoms. The molecule has 1 saturated heterocycles. The van der Waals surface area contributed by atoms with E-state index in [4.69, 9.17) is 14.2 Å². The number of piperidine rings is 1. The number of hydrogen-bond acceptors (Lipinski definition) is 6. The Kier molecular flexibility index (Phi) is 8.87. The van der Waals surface area contributed by atoms with Crippen molar-refractivity contribution in [3.8, 4) is 17.2 Å². The molecule has 4 rings (SSSR count). The predicted octanol–water partition coefficient (Wildman–Crippen LogP) is 5.47. The van der Waals surface area contributed by atoms with E-state index >= 15 is 0 Å². The van der Waals surface area contributed by atoms with Crippen LogP contribution < -0.4 is 19.1 Å². The molecule has 2 unspecified atom stereocenters. The van der Waals surface area contributed by atoms with Crippen LogP contribution in [0.3, 0.4) is 0 Å². The van der Waals surface area contributed by atoms with Crippen LogP contribution in [0.4, 0.5) is 5.69 Å². The fourth-order valence-electron chi connectivity index (χ4n) is 6.27. The molecule has 2 aromatic rings. The fraction of sp³-hybridized carbons (Fsp3) is 0.516. The third-order valence-electron chi connectivity index (χ3n) is 8.32. The molecule has 2 fully saturated rings. The van der Waals surface area contributed by atoms with Gasteiger partial charge in [0.05, 0.1) is 33.0 Å². The van der Waals surface area contributed by atoms with Gasteiger partial charge in [-0.2, -0.15) is 0 Å². The Morgan fingerprint density at radius 3 is 2.26 bits per heavy atom. The van der Waals surface area contributed by atoms with Gasteiger partial charge in [-0.3, -0.25) is 4.79 Å². The largest absolute Gasteiger partial charge is 0.493 e. The van der Waals surface area contributed by atoms with Gasteiger partial charge in [-0.1, -0.05) is 25.0 Å². The standard InChI is InChI=1S/C31H42N2O5/c1-6-32(7-2)24-14-12-23(13-15-24)29-25-10-8-9-17-31(25,35)18-19-33(29)28(34)16-11-22-20-26(36-3)30(38-5)27(21-22)37-4/h11-16,20-21,25,29,35H,6-10,17-19H2,1-5H3/t25?,29-,31?/m0/s1. The highest BCUT2D eigenvalue weighted by Gasteiger charge is 2.49. The third-order valence-corrected chi connectivity index (χ3v) is 8.32. The summed E-state index contributed by atoms with van der Waals surface area (Å²) in [5, 5.41) is 11.6. The van der Waals surface area contributed by atoms with Gasteiger partial charge in [-0.05, 0) is 74.6 Å². The van der Waals surface area contributed by atoms with E-state index < -0.39 is 5.60 Å². The molecule has 3 atom stereocenters.